The summed E-state index contributed by atoms with van der Waals surface area (Å²) in [6.45, 7) is 1.81. The van der Waals surface area contributed by atoms with E-state index in [9.17, 15) is 17.6 Å². The first-order valence-electron chi connectivity index (χ1n) is 9.91. The van der Waals surface area contributed by atoms with Gasteiger partial charge in [0, 0.05) is 23.5 Å². The minimum Gasteiger partial charge on any atom is -0.303 e. The van der Waals surface area contributed by atoms with Crippen LogP contribution in [-0.2, 0) is 16.4 Å². The molecule has 0 radical (unpaired) electrons. The number of halogens is 2. The molecular weight excluding hydrogens is 465 g/mol. The van der Waals surface area contributed by atoms with E-state index in [4.69, 9.17) is 11.6 Å². The highest BCUT2D eigenvalue weighted by molar-refractivity contribution is 7.90. The van der Waals surface area contributed by atoms with E-state index in [0.717, 1.165) is 29.5 Å². The Balaban J connectivity index is 1.85. The lowest BCUT2D eigenvalue weighted by Crippen LogP contribution is -2.32. The van der Waals surface area contributed by atoms with E-state index < -0.39 is 21.6 Å². The Hall–Kier alpha value is -3.36. The van der Waals surface area contributed by atoms with Crippen LogP contribution < -0.4 is 4.90 Å². The van der Waals surface area contributed by atoms with Crippen molar-refractivity contribution in [3.8, 4) is 0 Å². The number of nitrogens with zero attached hydrogens (tertiary/aromatic N) is 3. The number of pyridine rings is 2. The van der Waals surface area contributed by atoms with Gasteiger partial charge in [-0.05, 0) is 61.0 Å². The van der Waals surface area contributed by atoms with Crippen molar-refractivity contribution in [2.45, 2.75) is 18.4 Å². The molecule has 6 nitrogen and oxygen atoms in total. The maximum Gasteiger partial charge on any atom is 0.260 e. The van der Waals surface area contributed by atoms with E-state index in [-0.39, 0.29) is 22.7 Å². The number of aromatic nitrogens is 2. The average molecular weight is 484 g/mol. The molecule has 1 amide bonds. The number of aryl methyl sites for hydroxylation is 1. The predicted molar refractivity (Wildman–Crippen MR) is 126 cm³/mol. The van der Waals surface area contributed by atoms with Gasteiger partial charge in [0.25, 0.3) is 5.91 Å². The van der Waals surface area contributed by atoms with Crippen molar-refractivity contribution in [2.24, 2.45) is 0 Å². The monoisotopic (exact) mass is 483 g/mol. The van der Waals surface area contributed by atoms with Crippen LogP contribution in [0.1, 0.15) is 21.6 Å². The van der Waals surface area contributed by atoms with E-state index in [2.05, 4.69) is 9.97 Å². The van der Waals surface area contributed by atoms with Gasteiger partial charge in [0.15, 0.2) is 9.84 Å². The largest absolute Gasteiger partial charge is 0.303 e. The minimum absolute atomic E-state index is 0.0188. The predicted octanol–water partition coefficient (Wildman–Crippen LogP) is 4.98. The molecule has 0 saturated heterocycles. The smallest absolute Gasteiger partial charge is 0.260 e. The van der Waals surface area contributed by atoms with Crippen LogP contribution in [0.2, 0.25) is 5.15 Å². The molecule has 0 spiro atoms. The zero-order valence-electron chi connectivity index (χ0n) is 17.8. The fraction of sp³-hybridized carbons (Fsp3) is 0.125. The number of hydrogen-bond acceptors (Lipinski definition) is 5. The number of fused-ring (bicyclic) bond motifs is 1. The molecule has 0 aliphatic rings. The van der Waals surface area contributed by atoms with Crippen LogP contribution in [0.15, 0.2) is 71.8 Å². The third-order valence-corrected chi connectivity index (χ3v) is 6.42. The van der Waals surface area contributed by atoms with Crippen LogP contribution in [0.5, 0.6) is 0 Å². The average Bonchev–Trinajstić information content (AvgIpc) is 2.77. The third kappa shape index (κ3) is 5.02. The highest BCUT2D eigenvalue weighted by Gasteiger charge is 2.25. The van der Waals surface area contributed by atoms with Gasteiger partial charge in [-0.3, -0.25) is 9.78 Å². The molecule has 0 N–H and O–H groups in total. The number of benzene rings is 2. The van der Waals surface area contributed by atoms with Crippen LogP contribution in [0.25, 0.3) is 10.9 Å². The molecule has 168 valence electrons. The maximum absolute atomic E-state index is 13.9. The molecule has 0 aliphatic carbocycles. The normalized spacial score (nSPS) is 11.5. The number of carbonyl (C=O) groups is 1. The Morgan fingerprint density at radius 1 is 1.06 bits per heavy atom. The highest BCUT2D eigenvalue weighted by atomic mass is 35.5. The molecule has 0 bridgehead atoms. The molecule has 2 heterocycles. The molecule has 4 rings (SSSR count). The molecule has 0 saturated carbocycles. The van der Waals surface area contributed by atoms with E-state index >= 15 is 0 Å². The van der Waals surface area contributed by atoms with Gasteiger partial charge in [-0.1, -0.05) is 23.7 Å². The fourth-order valence-electron chi connectivity index (χ4n) is 3.44. The molecule has 33 heavy (non-hydrogen) atoms. The van der Waals surface area contributed by atoms with Crippen molar-refractivity contribution in [1.82, 2.24) is 9.97 Å². The van der Waals surface area contributed by atoms with Crippen molar-refractivity contribution in [2.75, 3.05) is 11.2 Å². The van der Waals surface area contributed by atoms with Gasteiger partial charge in [0.2, 0.25) is 0 Å². The standard InChI is InChI=1S/C24H19ClFN3O3S/c1-15-3-5-18(13-27-15)24(30)29(21-9-8-19(26)12-22(21)33(2,31)32)14-16-4-6-17-7-10-23(25)28-20(17)11-16/h3-13H,14H2,1-2H3. The number of anilines is 1. The molecule has 0 aliphatic heterocycles. The van der Waals surface area contributed by atoms with Crippen molar-refractivity contribution in [3.05, 3.63) is 94.7 Å². The summed E-state index contributed by atoms with van der Waals surface area (Å²) in [5, 5.41) is 1.19. The zero-order chi connectivity index (χ0) is 23.8. The quantitative estimate of drug-likeness (QED) is 0.374. The van der Waals surface area contributed by atoms with Crippen LogP contribution in [0.4, 0.5) is 10.1 Å². The van der Waals surface area contributed by atoms with Crippen LogP contribution in [-0.4, -0.2) is 30.5 Å². The summed E-state index contributed by atoms with van der Waals surface area (Å²) < 4.78 is 38.8. The fourth-order valence-corrected chi connectivity index (χ4v) is 4.48. The SMILES string of the molecule is Cc1ccc(C(=O)N(Cc2ccc3ccc(Cl)nc3c2)c2ccc(F)cc2S(C)(=O)=O)cn1. The minimum atomic E-state index is -3.84. The second-order valence-corrected chi connectivity index (χ2v) is 10.00. The Kier molecular flexibility index (Phi) is 6.14. The van der Waals surface area contributed by atoms with Crippen LogP contribution in [0, 0.1) is 12.7 Å². The van der Waals surface area contributed by atoms with Gasteiger partial charge in [0.1, 0.15) is 11.0 Å². The summed E-state index contributed by atoms with van der Waals surface area (Å²) >= 11 is 6.02. The van der Waals surface area contributed by atoms with Crippen LogP contribution >= 0.6 is 11.6 Å². The first kappa shape index (κ1) is 22.8. The maximum atomic E-state index is 13.9. The number of rotatable bonds is 5. The Bertz CT molecular complexity index is 1470. The number of carbonyl (C=O) groups excluding carboxylic acids is 1. The lowest BCUT2D eigenvalue weighted by atomic mass is 10.1. The van der Waals surface area contributed by atoms with Crippen LogP contribution in [0.3, 0.4) is 0 Å². The molecule has 2 aromatic carbocycles. The van der Waals surface area contributed by atoms with Crippen molar-refractivity contribution >= 4 is 43.9 Å². The molecule has 0 fully saturated rings. The second kappa shape index (κ2) is 8.88. The summed E-state index contributed by atoms with van der Waals surface area (Å²) in [6, 6.07) is 15.6. The third-order valence-electron chi connectivity index (χ3n) is 5.08. The summed E-state index contributed by atoms with van der Waals surface area (Å²) in [7, 11) is -3.84. The van der Waals surface area contributed by atoms with Gasteiger partial charge in [-0.25, -0.2) is 17.8 Å². The van der Waals surface area contributed by atoms with E-state index in [1.165, 1.54) is 17.2 Å². The number of sulfone groups is 1. The molecular formula is C24H19ClFN3O3S. The Morgan fingerprint density at radius 2 is 1.82 bits per heavy atom. The van der Waals surface area contributed by atoms with Gasteiger partial charge in [-0.15, -0.1) is 0 Å². The highest BCUT2D eigenvalue weighted by Crippen LogP contribution is 2.30. The van der Waals surface area contributed by atoms with Crippen molar-refractivity contribution < 1.29 is 17.6 Å². The molecule has 0 atom stereocenters. The van der Waals surface area contributed by atoms with Crippen molar-refractivity contribution in [3.63, 3.8) is 0 Å². The van der Waals surface area contributed by atoms with Gasteiger partial charge < -0.3 is 4.90 Å². The number of hydrogen-bond donors (Lipinski definition) is 0. The lowest BCUT2D eigenvalue weighted by Gasteiger charge is -2.25. The summed E-state index contributed by atoms with van der Waals surface area (Å²) in [5.41, 5.74) is 2.39. The van der Waals surface area contributed by atoms with E-state index in [1.54, 1.807) is 31.2 Å². The first-order chi connectivity index (χ1) is 15.6. The summed E-state index contributed by atoms with van der Waals surface area (Å²) in [4.78, 5) is 23.0. The summed E-state index contributed by atoms with van der Waals surface area (Å²) in [6.07, 6.45) is 2.40. The molecule has 0 unspecified atom stereocenters. The first-order valence-corrected chi connectivity index (χ1v) is 12.2. The van der Waals surface area contributed by atoms with Gasteiger partial charge in [0.05, 0.1) is 28.2 Å². The Morgan fingerprint density at radius 3 is 2.52 bits per heavy atom. The summed E-state index contributed by atoms with van der Waals surface area (Å²) in [5.74, 6) is -1.19. The topological polar surface area (TPSA) is 80.2 Å². The van der Waals surface area contributed by atoms with E-state index in [0.29, 0.717) is 16.2 Å². The van der Waals surface area contributed by atoms with E-state index in [1.807, 2.05) is 18.2 Å². The molecule has 2 aromatic heterocycles. The zero-order valence-corrected chi connectivity index (χ0v) is 19.4. The number of amides is 1. The molecule has 4 aromatic rings. The van der Waals surface area contributed by atoms with Crippen molar-refractivity contribution in [1.29, 1.82) is 0 Å². The Labute approximate surface area is 195 Å². The molecule has 9 heteroatoms. The lowest BCUT2D eigenvalue weighted by molar-refractivity contribution is 0.0984. The van der Waals surface area contributed by atoms with Gasteiger partial charge >= 0.3 is 0 Å². The van der Waals surface area contributed by atoms with Gasteiger partial charge in [-0.2, -0.15) is 0 Å². The second-order valence-electron chi connectivity index (χ2n) is 7.62.